The zero-order chi connectivity index (χ0) is 8.81. The second-order valence-corrected chi connectivity index (χ2v) is 3.35. The van der Waals surface area contributed by atoms with Crippen LogP contribution in [0, 0.1) is 0 Å². The van der Waals surface area contributed by atoms with E-state index >= 15 is 0 Å². The second kappa shape index (κ2) is 5.02. The molecule has 0 bridgehead atoms. The summed E-state index contributed by atoms with van der Waals surface area (Å²) in [6.45, 7) is 8.61. The number of nitrogens with zero attached hydrogens (tertiary/aromatic N) is 1. The third-order valence-electron chi connectivity index (χ3n) is 2.31. The largest absolute Gasteiger partial charge is 0.372 e. The Kier molecular flexibility index (Phi) is 3.92. The summed E-state index contributed by atoms with van der Waals surface area (Å²) in [5.74, 6) is 0. The quantitative estimate of drug-likeness (QED) is 0.581. The summed E-state index contributed by atoms with van der Waals surface area (Å²) in [6.07, 6.45) is 9.48. The molecule has 0 unspecified atom stereocenters. The Balaban J connectivity index is 2.34. The van der Waals surface area contributed by atoms with E-state index in [1.54, 1.807) is 0 Å². The van der Waals surface area contributed by atoms with Crippen LogP contribution in [0.3, 0.4) is 0 Å². The van der Waals surface area contributed by atoms with E-state index in [0.29, 0.717) is 0 Å². The first-order valence-electron chi connectivity index (χ1n) is 4.95. The van der Waals surface area contributed by atoms with Gasteiger partial charge in [0, 0.05) is 18.8 Å². The topological polar surface area (TPSA) is 3.24 Å². The van der Waals surface area contributed by atoms with Crippen molar-refractivity contribution in [3.05, 3.63) is 24.4 Å². The van der Waals surface area contributed by atoms with Crippen LogP contribution in [0.25, 0.3) is 0 Å². The molecule has 0 aromatic rings. The maximum absolute atomic E-state index is 4.06. The molecule has 1 fully saturated rings. The highest BCUT2D eigenvalue weighted by molar-refractivity contribution is 5.13. The molecule has 0 radical (unpaired) electrons. The van der Waals surface area contributed by atoms with Gasteiger partial charge in [-0.1, -0.05) is 19.6 Å². The molecule has 68 valence electrons. The molecule has 1 nitrogen and oxygen atoms in total. The lowest BCUT2D eigenvalue weighted by molar-refractivity contribution is 0.294. The van der Waals surface area contributed by atoms with Crippen LogP contribution in [0.2, 0.25) is 0 Å². The van der Waals surface area contributed by atoms with Gasteiger partial charge in [0.25, 0.3) is 0 Å². The Morgan fingerprint density at radius 3 is 2.58 bits per heavy atom. The molecule has 1 saturated heterocycles. The van der Waals surface area contributed by atoms with Gasteiger partial charge in [0.1, 0.15) is 0 Å². The number of hydrogen-bond acceptors (Lipinski definition) is 1. The highest BCUT2D eigenvalue weighted by Gasteiger charge is 2.08. The van der Waals surface area contributed by atoms with Crippen molar-refractivity contribution in [2.24, 2.45) is 0 Å². The van der Waals surface area contributed by atoms with Crippen LogP contribution in [0.1, 0.15) is 32.6 Å². The van der Waals surface area contributed by atoms with E-state index in [-0.39, 0.29) is 0 Å². The van der Waals surface area contributed by atoms with Crippen LogP contribution in [0.15, 0.2) is 24.4 Å². The first kappa shape index (κ1) is 9.37. The van der Waals surface area contributed by atoms with Gasteiger partial charge in [-0.05, 0) is 31.8 Å². The van der Waals surface area contributed by atoms with Gasteiger partial charge in [-0.2, -0.15) is 0 Å². The minimum atomic E-state index is 1.10. The summed E-state index contributed by atoms with van der Waals surface area (Å²) in [6, 6.07) is 0. The number of piperidine rings is 1. The Bertz CT molecular complexity index is 164. The van der Waals surface area contributed by atoms with E-state index in [9.17, 15) is 0 Å². The molecular weight excluding hydrogens is 146 g/mol. The first-order chi connectivity index (χ1) is 5.84. The zero-order valence-corrected chi connectivity index (χ0v) is 8.05. The Labute approximate surface area is 75.8 Å². The fourth-order valence-corrected chi connectivity index (χ4v) is 1.54. The lowest BCUT2D eigenvalue weighted by atomic mass is 10.1. The van der Waals surface area contributed by atoms with Gasteiger partial charge < -0.3 is 4.90 Å². The summed E-state index contributed by atoms with van der Waals surface area (Å²) >= 11 is 0. The SMILES string of the molecule is C=C(C=CCC)N1CCCCC1. The van der Waals surface area contributed by atoms with E-state index < -0.39 is 0 Å². The second-order valence-electron chi connectivity index (χ2n) is 3.35. The zero-order valence-electron chi connectivity index (χ0n) is 8.05. The van der Waals surface area contributed by atoms with Crippen molar-refractivity contribution in [2.45, 2.75) is 32.6 Å². The average molecular weight is 165 g/mol. The van der Waals surface area contributed by atoms with Crippen molar-refractivity contribution in [1.82, 2.24) is 4.90 Å². The maximum atomic E-state index is 4.06. The van der Waals surface area contributed by atoms with Crippen molar-refractivity contribution < 1.29 is 0 Å². The molecular formula is C11H19N. The van der Waals surface area contributed by atoms with E-state index in [2.05, 4.69) is 30.6 Å². The fourth-order valence-electron chi connectivity index (χ4n) is 1.54. The van der Waals surface area contributed by atoms with Gasteiger partial charge >= 0.3 is 0 Å². The smallest absolute Gasteiger partial charge is 0.0289 e. The van der Waals surface area contributed by atoms with Crippen LogP contribution in [-0.2, 0) is 0 Å². The highest BCUT2D eigenvalue weighted by atomic mass is 15.1. The average Bonchev–Trinajstić information content (AvgIpc) is 2.15. The number of hydrogen-bond donors (Lipinski definition) is 0. The maximum Gasteiger partial charge on any atom is 0.0289 e. The van der Waals surface area contributed by atoms with Crippen molar-refractivity contribution in [2.75, 3.05) is 13.1 Å². The predicted octanol–water partition coefficient (Wildman–Crippen LogP) is 2.95. The van der Waals surface area contributed by atoms with Crippen LogP contribution in [-0.4, -0.2) is 18.0 Å². The molecule has 1 heteroatoms. The first-order valence-corrected chi connectivity index (χ1v) is 4.95. The van der Waals surface area contributed by atoms with E-state index in [0.717, 1.165) is 6.42 Å². The van der Waals surface area contributed by atoms with Crippen LogP contribution in [0.4, 0.5) is 0 Å². The Morgan fingerprint density at radius 2 is 2.00 bits per heavy atom. The molecule has 0 N–H and O–H groups in total. The minimum absolute atomic E-state index is 1.10. The lowest BCUT2D eigenvalue weighted by Gasteiger charge is -2.28. The normalized spacial score (nSPS) is 18.6. The Hall–Kier alpha value is -0.720. The van der Waals surface area contributed by atoms with Gasteiger partial charge in [-0.15, -0.1) is 0 Å². The van der Waals surface area contributed by atoms with Crippen LogP contribution in [0.5, 0.6) is 0 Å². The summed E-state index contributed by atoms with van der Waals surface area (Å²) < 4.78 is 0. The molecule has 0 atom stereocenters. The number of likely N-dealkylation sites (tertiary alicyclic amines) is 1. The molecule has 1 heterocycles. The van der Waals surface area contributed by atoms with E-state index in [1.165, 1.54) is 38.0 Å². The van der Waals surface area contributed by atoms with Crippen molar-refractivity contribution in [3.8, 4) is 0 Å². The van der Waals surface area contributed by atoms with Gasteiger partial charge in [0.2, 0.25) is 0 Å². The summed E-state index contributed by atoms with van der Waals surface area (Å²) in [5, 5.41) is 0. The fraction of sp³-hybridized carbons (Fsp3) is 0.636. The van der Waals surface area contributed by atoms with E-state index in [4.69, 9.17) is 0 Å². The van der Waals surface area contributed by atoms with Gasteiger partial charge in [-0.25, -0.2) is 0 Å². The van der Waals surface area contributed by atoms with Gasteiger partial charge in [0.15, 0.2) is 0 Å². The third-order valence-corrected chi connectivity index (χ3v) is 2.31. The highest BCUT2D eigenvalue weighted by Crippen LogP contribution is 2.14. The van der Waals surface area contributed by atoms with Crippen molar-refractivity contribution in [3.63, 3.8) is 0 Å². The molecule has 1 aliphatic rings. The summed E-state index contributed by atoms with van der Waals surface area (Å²) in [5.41, 5.74) is 1.19. The number of allylic oxidation sites excluding steroid dienone is 2. The van der Waals surface area contributed by atoms with Gasteiger partial charge in [-0.3, -0.25) is 0 Å². The molecule has 0 aromatic carbocycles. The molecule has 12 heavy (non-hydrogen) atoms. The van der Waals surface area contributed by atoms with Crippen LogP contribution < -0.4 is 0 Å². The summed E-state index contributed by atoms with van der Waals surface area (Å²) in [4.78, 5) is 2.38. The minimum Gasteiger partial charge on any atom is -0.372 e. The molecule has 0 spiro atoms. The Morgan fingerprint density at radius 1 is 1.33 bits per heavy atom. The molecule has 1 rings (SSSR count). The third kappa shape index (κ3) is 2.72. The molecule has 0 aliphatic carbocycles. The lowest BCUT2D eigenvalue weighted by Crippen LogP contribution is -2.27. The summed E-state index contributed by atoms with van der Waals surface area (Å²) in [7, 11) is 0. The molecule has 0 aromatic heterocycles. The van der Waals surface area contributed by atoms with Gasteiger partial charge in [0.05, 0.1) is 0 Å². The van der Waals surface area contributed by atoms with Crippen molar-refractivity contribution in [1.29, 1.82) is 0 Å². The predicted molar refractivity (Wildman–Crippen MR) is 54.0 cm³/mol. The monoisotopic (exact) mass is 165 g/mol. The number of rotatable bonds is 3. The standard InChI is InChI=1S/C11H19N/c1-3-4-8-11(2)12-9-6-5-7-10-12/h4,8H,2-3,5-7,9-10H2,1H3. The van der Waals surface area contributed by atoms with Crippen LogP contribution >= 0.6 is 0 Å². The van der Waals surface area contributed by atoms with Crippen molar-refractivity contribution >= 4 is 0 Å². The molecule has 0 saturated carbocycles. The van der Waals surface area contributed by atoms with E-state index in [1.807, 2.05) is 0 Å². The molecule has 1 aliphatic heterocycles. The molecule has 0 amide bonds.